The second-order valence-corrected chi connectivity index (χ2v) is 7.60. The maximum Gasteiger partial charge on any atom is 0.206 e. The molecular formula is C20H24ClN5. The van der Waals surface area contributed by atoms with Crippen molar-refractivity contribution < 1.29 is 0 Å². The van der Waals surface area contributed by atoms with E-state index in [0.717, 1.165) is 36.9 Å². The molecule has 4 rings (SSSR count). The first-order chi connectivity index (χ1) is 12.5. The lowest BCUT2D eigenvalue weighted by molar-refractivity contribution is 0.533. The molecule has 136 valence electrons. The average Bonchev–Trinajstić information content (AvgIpc) is 2.92. The molecule has 0 spiro atoms. The van der Waals surface area contributed by atoms with Gasteiger partial charge in [-0.05, 0) is 56.2 Å². The van der Waals surface area contributed by atoms with Crippen LogP contribution >= 0.6 is 11.6 Å². The molecule has 0 radical (unpaired) electrons. The molecule has 2 aromatic heterocycles. The lowest BCUT2D eigenvalue weighted by Gasteiger charge is -2.41. The van der Waals surface area contributed by atoms with Gasteiger partial charge < -0.3 is 14.4 Å². The Morgan fingerprint density at radius 3 is 2.65 bits per heavy atom. The Morgan fingerprint density at radius 1 is 1.15 bits per heavy atom. The minimum Gasteiger partial charge on any atom is -0.352 e. The fraction of sp³-hybridized carbons (Fsp3) is 0.400. The van der Waals surface area contributed by atoms with Crippen LogP contribution in [0, 0.1) is 13.8 Å². The van der Waals surface area contributed by atoms with Gasteiger partial charge in [-0.3, -0.25) is 0 Å². The highest BCUT2D eigenvalue weighted by atomic mass is 35.5. The Morgan fingerprint density at radius 2 is 1.92 bits per heavy atom. The van der Waals surface area contributed by atoms with E-state index < -0.39 is 0 Å². The first kappa shape index (κ1) is 17.2. The van der Waals surface area contributed by atoms with Crippen molar-refractivity contribution >= 4 is 34.4 Å². The van der Waals surface area contributed by atoms with Crippen LogP contribution in [0.3, 0.4) is 0 Å². The van der Waals surface area contributed by atoms with Crippen LogP contribution < -0.4 is 9.80 Å². The number of benzene rings is 1. The number of pyridine rings is 1. The molecule has 1 aliphatic heterocycles. The van der Waals surface area contributed by atoms with Gasteiger partial charge >= 0.3 is 0 Å². The summed E-state index contributed by atoms with van der Waals surface area (Å²) >= 11 is 6.33. The third kappa shape index (κ3) is 2.80. The summed E-state index contributed by atoms with van der Waals surface area (Å²) in [5, 5.41) is 0.710. The molecule has 0 aliphatic carbocycles. The number of hydrogen-bond acceptors (Lipinski definition) is 4. The van der Waals surface area contributed by atoms with Gasteiger partial charge in [0.05, 0.1) is 16.1 Å². The topological polar surface area (TPSA) is 37.2 Å². The molecule has 0 N–H and O–H groups in total. The first-order valence-corrected chi connectivity index (χ1v) is 9.39. The van der Waals surface area contributed by atoms with Gasteiger partial charge in [0.25, 0.3) is 0 Å². The van der Waals surface area contributed by atoms with E-state index in [1.54, 1.807) is 6.20 Å². The maximum absolute atomic E-state index is 6.33. The molecule has 1 aromatic carbocycles. The smallest absolute Gasteiger partial charge is 0.206 e. The van der Waals surface area contributed by atoms with Crippen molar-refractivity contribution in [2.45, 2.75) is 26.8 Å². The Labute approximate surface area is 159 Å². The fourth-order valence-corrected chi connectivity index (χ4v) is 3.99. The highest BCUT2D eigenvalue weighted by Gasteiger charge is 2.28. The Bertz CT molecular complexity index is 964. The molecule has 6 heteroatoms. The van der Waals surface area contributed by atoms with E-state index in [0.29, 0.717) is 11.1 Å². The lowest BCUT2D eigenvalue weighted by Crippen LogP contribution is -2.53. The summed E-state index contributed by atoms with van der Waals surface area (Å²) in [4.78, 5) is 14.0. The number of aryl methyl sites for hydroxylation is 3. The third-order valence-electron chi connectivity index (χ3n) is 5.40. The lowest BCUT2D eigenvalue weighted by atomic mass is 10.1. The summed E-state index contributed by atoms with van der Waals surface area (Å²) in [5.74, 6) is 1.90. The first-order valence-electron chi connectivity index (χ1n) is 9.01. The molecule has 26 heavy (non-hydrogen) atoms. The number of aromatic nitrogens is 3. The predicted molar refractivity (Wildman–Crippen MR) is 108 cm³/mol. The molecule has 0 amide bonds. The van der Waals surface area contributed by atoms with Crippen LogP contribution in [0.4, 0.5) is 11.8 Å². The van der Waals surface area contributed by atoms with E-state index in [1.807, 2.05) is 12.1 Å². The van der Waals surface area contributed by atoms with Crippen LogP contribution in [-0.2, 0) is 7.05 Å². The minimum absolute atomic E-state index is 0.319. The number of imidazole rings is 1. The van der Waals surface area contributed by atoms with Gasteiger partial charge in [0, 0.05) is 38.9 Å². The highest BCUT2D eigenvalue weighted by Crippen LogP contribution is 2.29. The Balaban J connectivity index is 1.63. The van der Waals surface area contributed by atoms with Crippen LogP contribution in [-0.4, -0.2) is 40.2 Å². The molecule has 3 aromatic rings. The summed E-state index contributed by atoms with van der Waals surface area (Å²) in [6.07, 6.45) is 1.80. The van der Waals surface area contributed by atoms with Crippen LogP contribution in [0.2, 0.25) is 5.02 Å². The zero-order valence-electron chi connectivity index (χ0n) is 15.7. The average molecular weight is 370 g/mol. The number of fused-ring (bicyclic) bond motifs is 1. The van der Waals surface area contributed by atoms with E-state index in [4.69, 9.17) is 16.6 Å². The molecule has 3 heterocycles. The zero-order chi connectivity index (χ0) is 18.4. The molecule has 1 unspecified atom stereocenters. The molecular weight excluding hydrogens is 346 g/mol. The Hall–Kier alpha value is -2.27. The SMILES string of the molecule is Cc1cc2nc(N3CCN(c4ncccc4Cl)CC3C)n(C)c2cc1C. The van der Waals surface area contributed by atoms with Gasteiger partial charge in [-0.1, -0.05) is 11.6 Å². The van der Waals surface area contributed by atoms with Gasteiger partial charge in [0.1, 0.15) is 5.82 Å². The van der Waals surface area contributed by atoms with Crippen molar-refractivity contribution in [1.82, 2.24) is 14.5 Å². The van der Waals surface area contributed by atoms with Crippen molar-refractivity contribution in [2.75, 3.05) is 29.4 Å². The van der Waals surface area contributed by atoms with Crippen molar-refractivity contribution in [3.8, 4) is 0 Å². The zero-order valence-corrected chi connectivity index (χ0v) is 16.5. The summed E-state index contributed by atoms with van der Waals surface area (Å²) in [5.41, 5.74) is 4.83. The van der Waals surface area contributed by atoms with Crippen molar-refractivity contribution in [1.29, 1.82) is 0 Å². The summed E-state index contributed by atoms with van der Waals surface area (Å²) in [6.45, 7) is 9.17. The van der Waals surface area contributed by atoms with E-state index in [2.05, 4.69) is 59.3 Å². The molecule has 0 saturated carbocycles. The second kappa shape index (κ2) is 6.47. The van der Waals surface area contributed by atoms with Gasteiger partial charge in [-0.15, -0.1) is 0 Å². The molecule has 1 atom stereocenters. The molecule has 1 fully saturated rings. The quantitative estimate of drug-likeness (QED) is 0.685. The van der Waals surface area contributed by atoms with E-state index in [9.17, 15) is 0 Å². The summed E-state index contributed by atoms with van der Waals surface area (Å²) < 4.78 is 2.21. The van der Waals surface area contributed by atoms with Crippen LogP contribution in [0.5, 0.6) is 0 Å². The third-order valence-corrected chi connectivity index (χ3v) is 5.69. The monoisotopic (exact) mass is 369 g/mol. The molecule has 1 aliphatic rings. The minimum atomic E-state index is 0.319. The summed E-state index contributed by atoms with van der Waals surface area (Å²) in [7, 11) is 2.11. The number of piperazine rings is 1. The predicted octanol–water partition coefficient (Wildman–Crippen LogP) is 3.95. The fourth-order valence-electron chi connectivity index (χ4n) is 3.75. The number of hydrogen-bond donors (Lipinski definition) is 0. The van der Waals surface area contributed by atoms with E-state index >= 15 is 0 Å². The van der Waals surface area contributed by atoms with Gasteiger partial charge in [-0.25, -0.2) is 9.97 Å². The van der Waals surface area contributed by atoms with Crippen molar-refractivity contribution in [3.05, 3.63) is 46.6 Å². The largest absolute Gasteiger partial charge is 0.352 e. The van der Waals surface area contributed by atoms with Gasteiger partial charge in [0.15, 0.2) is 0 Å². The number of anilines is 2. The number of rotatable bonds is 2. The number of halogens is 1. The highest BCUT2D eigenvalue weighted by molar-refractivity contribution is 6.32. The molecule has 5 nitrogen and oxygen atoms in total. The normalized spacial score (nSPS) is 18.0. The van der Waals surface area contributed by atoms with Gasteiger partial charge in [-0.2, -0.15) is 0 Å². The van der Waals surface area contributed by atoms with Crippen LogP contribution in [0.1, 0.15) is 18.1 Å². The Kier molecular flexibility index (Phi) is 4.27. The maximum atomic E-state index is 6.33. The van der Waals surface area contributed by atoms with Crippen molar-refractivity contribution in [3.63, 3.8) is 0 Å². The standard InChI is InChI=1S/C20H24ClN5/c1-13-10-17-18(11-14(13)2)24(4)20(23-17)26-9-8-25(12-15(26)3)19-16(21)6-5-7-22-19/h5-7,10-11,15H,8-9,12H2,1-4H3. The molecule has 1 saturated heterocycles. The van der Waals surface area contributed by atoms with Gasteiger partial charge in [0.2, 0.25) is 5.95 Å². The second-order valence-electron chi connectivity index (χ2n) is 7.19. The van der Waals surface area contributed by atoms with E-state index in [-0.39, 0.29) is 0 Å². The molecule has 0 bridgehead atoms. The van der Waals surface area contributed by atoms with Crippen LogP contribution in [0.25, 0.3) is 11.0 Å². The van der Waals surface area contributed by atoms with Crippen LogP contribution in [0.15, 0.2) is 30.5 Å². The van der Waals surface area contributed by atoms with E-state index in [1.165, 1.54) is 16.6 Å². The van der Waals surface area contributed by atoms with Crippen molar-refractivity contribution in [2.24, 2.45) is 7.05 Å². The summed E-state index contributed by atoms with van der Waals surface area (Å²) in [6, 6.07) is 8.50. The number of nitrogens with zero attached hydrogens (tertiary/aromatic N) is 5.